The Labute approximate surface area is 141 Å². The molecule has 0 radical (unpaired) electrons. The molecule has 1 amide bonds. The topological polar surface area (TPSA) is 75.6 Å². The zero-order valence-corrected chi connectivity index (χ0v) is 13.6. The molecule has 0 saturated carbocycles. The van der Waals surface area contributed by atoms with E-state index in [1.54, 1.807) is 13.2 Å². The number of carboxylic acids is 1. The van der Waals surface area contributed by atoms with E-state index in [9.17, 15) is 9.59 Å². The van der Waals surface area contributed by atoms with Crippen LogP contribution in [0.3, 0.4) is 0 Å². The summed E-state index contributed by atoms with van der Waals surface area (Å²) in [4.78, 5) is 23.4. The van der Waals surface area contributed by atoms with Gasteiger partial charge in [0, 0.05) is 25.1 Å². The fourth-order valence-electron chi connectivity index (χ4n) is 2.59. The number of carbonyl (C=O) groups is 2. The molecule has 0 saturated heterocycles. The number of hydrogen-bond donors (Lipinski definition) is 2. The summed E-state index contributed by atoms with van der Waals surface area (Å²) in [6.07, 6.45) is 0.0337. The number of benzene rings is 2. The number of ether oxygens (including phenoxy) is 1. The smallest absolute Gasteiger partial charge is 0.303 e. The van der Waals surface area contributed by atoms with Gasteiger partial charge in [0.25, 0.3) is 0 Å². The number of amides is 1. The van der Waals surface area contributed by atoms with Gasteiger partial charge in [0.05, 0.1) is 13.0 Å². The molecule has 1 unspecified atom stereocenters. The van der Waals surface area contributed by atoms with Crippen LogP contribution in [-0.4, -0.2) is 24.1 Å². The minimum Gasteiger partial charge on any atom is -0.481 e. The number of carboxylic acid groups (broad SMARTS) is 1. The lowest BCUT2D eigenvalue weighted by Crippen LogP contribution is -2.17. The first kappa shape index (κ1) is 17.7. The number of rotatable bonds is 8. The van der Waals surface area contributed by atoms with E-state index in [2.05, 4.69) is 5.32 Å². The van der Waals surface area contributed by atoms with Crippen LogP contribution in [-0.2, 0) is 20.9 Å². The van der Waals surface area contributed by atoms with Crippen molar-refractivity contribution in [1.29, 1.82) is 0 Å². The number of aliphatic carboxylic acids is 1. The Morgan fingerprint density at radius 3 is 2.50 bits per heavy atom. The molecule has 1 atom stereocenters. The summed E-state index contributed by atoms with van der Waals surface area (Å²) in [6, 6.07) is 16.6. The van der Waals surface area contributed by atoms with Gasteiger partial charge >= 0.3 is 5.97 Å². The zero-order chi connectivity index (χ0) is 17.4. The first-order valence-electron chi connectivity index (χ1n) is 7.73. The third-order valence-electron chi connectivity index (χ3n) is 3.65. The largest absolute Gasteiger partial charge is 0.481 e. The second kappa shape index (κ2) is 8.84. The van der Waals surface area contributed by atoms with Gasteiger partial charge in [-0.1, -0.05) is 42.5 Å². The molecule has 0 aliphatic rings. The van der Waals surface area contributed by atoms with Crippen LogP contribution in [0, 0.1) is 0 Å². The maximum Gasteiger partial charge on any atom is 0.303 e. The molecule has 0 heterocycles. The average molecular weight is 327 g/mol. The number of carbonyl (C=O) groups excluding carboxylic acids is 1. The second-order valence-corrected chi connectivity index (χ2v) is 5.59. The van der Waals surface area contributed by atoms with Gasteiger partial charge in [0.15, 0.2) is 0 Å². The van der Waals surface area contributed by atoms with Crippen LogP contribution in [0.25, 0.3) is 0 Å². The molecule has 0 aliphatic heterocycles. The van der Waals surface area contributed by atoms with Gasteiger partial charge in [-0.05, 0) is 23.3 Å². The van der Waals surface area contributed by atoms with E-state index in [4.69, 9.17) is 9.84 Å². The number of anilines is 1. The van der Waals surface area contributed by atoms with Crippen molar-refractivity contribution in [3.8, 4) is 0 Å². The maximum absolute atomic E-state index is 12.3. The summed E-state index contributed by atoms with van der Waals surface area (Å²) in [5, 5.41) is 11.9. The molecule has 0 bridgehead atoms. The van der Waals surface area contributed by atoms with Gasteiger partial charge in [-0.3, -0.25) is 9.59 Å². The summed E-state index contributed by atoms with van der Waals surface area (Å²) >= 11 is 0. The molecule has 0 aromatic heterocycles. The molecule has 0 spiro atoms. The van der Waals surface area contributed by atoms with Crippen molar-refractivity contribution >= 4 is 17.6 Å². The van der Waals surface area contributed by atoms with Gasteiger partial charge in [0.1, 0.15) is 0 Å². The number of nitrogens with one attached hydrogen (secondary N) is 1. The van der Waals surface area contributed by atoms with E-state index in [-0.39, 0.29) is 24.7 Å². The Morgan fingerprint density at radius 2 is 1.83 bits per heavy atom. The first-order valence-corrected chi connectivity index (χ1v) is 7.73. The first-order chi connectivity index (χ1) is 11.6. The summed E-state index contributed by atoms with van der Waals surface area (Å²) in [7, 11) is 1.61. The van der Waals surface area contributed by atoms with Crippen LogP contribution < -0.4 is 5.32 Å². The van der Waals surface area contributed by atoms with Crippen LogP contribution >= 0.6 is 0 Å². The van der Waals surface area contributed by atoms with Crippen molar-refractivity contribution in [2.75, 3.05) is 12.4 Å². The number of hydrogen-bond acceptors (Lipinski definition) is 3. The van der Waals surface area contributed by atoms with Crippen molar-refractivity contribution in [3.05, 3.63) is 65.7 Å². The van der Waals surface area contributed by atoms with Gasteiger partial charge in [-0.15, -0.1) is 0 Å². The van der Waals surface area contributed by atoms with Crippen molar-refractivity contribution in [2.45, 2.75) is 25.4 Å². The Bertz CT molecular complexity index is 685. The summed E-state index contributed by atoms with van der Waals surface area (Å²) in [5.74, 6) is -1.48. The predicted molar refractivity (Wildman–Crippen MR) is 91.8 cm³/mol. The molecular weight excluding hydrogens is 306 g/mol. The van der Waals surface area contributed by atoms with Gasteiger partial charge in [-0.25, -0.2) is 0 Å². The zero-order valence-electron chi connectivity index (χ0n) is 13.6. The third-order valence-corrected chi connectivity index (χ3v) is 3.65. The fraction of sp³-hybridized carbons (Fsp3) is 0.263. The molecule has 2 aromatic carbocycles. The normalized spacial score (nSPS) is 11.7. The molecule has 5 heteroatoms. The maximum atomic E-state index is 12.3. The Hall–Kier alpha value is -2.66. The quantitative estimate of drug-likeness (QED) is 0.779. The van der Waals surface area contributed by atoms with Gasteiger partial charge in [0.2, 0.25) is 5.91 Å². The Balaban J connectivity index is 2.05. The molecule has 2 N–H and O–H groups in total. The lowest BCUT2D eigenvalue weighted by atomic mass is 9.92. The summed E-state index contributed by atoms with van der Waals surface area (Å²) in [6.45, 7) is 0.468. The van der Waals surface area contributed by atoms with Crippen molar-refractivity contribution in [3.63, 3.8) is 0 Å². The highest BCUT2D eigenvalue weighted by Gasteiger charge is 2.19. The monoisotopic (exact) mass is 327 g/mol. The molecular formula is C19H21NO4. The molecule has 0 aliphatic carbocycles. The third kappa shape index (κ3) is 5.52. The predicted octanol–water partition coefficient (Wildman–Crippen LogP) is 3.42. The van der Waals surface area contributed by atoms with Crippen LogP contribution in [0.1, 0.15) is 29.9 Å². The van der Waals surface area contributed by atoms with Gasteiger partial charge in [-0.2, -0.15) is 0 Å². The molecule has 5 nitrogen and oxygen atoms in total. The summed E-state index contributed by atoms with van der Waals surface area (Å²) in [5.41, 5.74) is 2.49. The standard InChI is InChI=1S/C19H21NO4/c1-24-13-14-6-5-9-17(10-14)20-18(21)11-16(12-19(22)23)15-7-3-2-4-8-15/h2-10,16H,11-13H2,1H3,(H,20,21)(H,22,23). The molecule has 126 valence electrons. The van der Waals surface area contributed by atoms with E-state index in [1.165, 1.54) is 0 Å². The molecule has 2 rings (SSSR count). The minimum atomic E-state index is -0.918. The fourth-order valence-corrected chi connectivity index (χ4v) is 2.59. The van der Waals surface area contributed by atoms with E-state index in [0.29, 0.717) is 12.3 Å². The van der Waals surface area contributed by atoms with Crippen molar-refractivity contribution in [1.82, 2.24) is 0 Å². The van der Waals surface area contributed by atoms with E-state index in [0.717, 1.165) is 11.1 Å². The van der Waals surface area contributed by atoms with Crippen LogP contribution in [0.5, 0.6) is 0 Å². The molecule has 24 heavy (non-hydrogen) atoms. The molecule has 0 fully saturated rings. The van der Waals surface area contributed by atoms with Crippen LogP contribution in [0.4, 0.5) is 5.69 Å². The lowest BCUT2D eigenvalue weighted by Gasteiger charge is -2.15. The van der Waals surface area contributed by atoms with E-state index in [1.807, 2.05) is 48.5 Å². The minimum absolute atomic E-state index is 0.0822. The van der Waals surface area contributed by atoms with Crippen molar-refractivity contribution in [2.24, 2.45) is 0 Å². The SMILES string of the molecule is COCc1cccc(NC(=O)CC(CC(=O)O)c2ccccc2)c1. The van der Waals surface area contributed by atoms with Crippen LogP contribution in [0.2, 0.25) is 0 Å². The number of methoxy groups -OCH3 is 1. The Kier molecular flexibility index (Phi) is 6.51. The lowest BCUT2D eigenvalue weighted by molar-refractivity contribution is -0.137. The summed E-state index contributed by atoms with van der Waals surface area (Å²) < 4.78 is 5.08. The Morgan fingerprint density at radius 1 is 1.08 bits per heavy atom. The highest BCUT2D eigenvalue weighted by atomic mass is 16.5. The molecule has 2 aromatic rings. The highest BCUT2D eigenvalue weighted by molar-refractivity contribution is 5.91. The second-order valence-electron chi connectivity index (χ2n) is 5.59. The van der Waals surface area contributed by atoms with Crippen LogP contribution in [0.15, 0.2) is 54.6 Å². The van der Waals surface area contributed by atoms with E-state index < -0.39 is 5.97 Å². The van der Waals surface area contributed by atoms with E-state index >= 15 is 0 Å². The average Bonchev–Trinajstić information content (AvgIpc) is 2.55. The van der Waals surface area contributed by atoms with Crippen molar-refractivity contribution < 1.29 is 19.4 Å². The van der Waals surface area contributed by atoms with Gasteiger partial charge < -0.3 is 15.2 Å². The highest BCUT2D eigenvalue weighted by Crippen LogP contribution is 2.24.